The van der Waals surface area contributed by atoms with E-state index >= 15 is 0 Å². The molecule has 0 bridgehead atoms. The van der Waals surface area contributed by atoms with Crippen LogP contribution < -0.4 is 5.32 Å². The molecule has 1 aromatic heterocycles. The molecular formula is C16H14ClN3S2. The maximum Gasteiger partial charge on any atom is 0.210 e. The van der Waals surface area contributed by atoms with Crippen molar-refractivity contribution in [2.75, 3.05) is 5.32 Å². The third-order valence-electron chi connectivity index (χ3n) is 2.96. The average Bonchev–Trinajstić information content (AvgIpc) is 2.95. The average molecular weight is 348 g/mol. The molecule has 0 saturated carbocycles. The smallest absolute Gasteiger partial charge is 0.210 e. The van der Waals surface area contributed by atoms with Crippen LogP contribution in [0.4, 0.5) is 10.8 Å². The fraction of sp³-hybridized carbons (Fsp3) is 0.125. The van der Waals surface area contributed by atoms with E-state index in [1.54, 1.807) is 23.1 Å². The van der Waals surface area contributed by atoms with Gasteiger partial charge in [-0.3, -0.25) is 0 Å². The molecule has 6 heteroatoms. The van der Waals surface area contributed by atoms with Gasteiger partial charge in [-0.15, -0.1) is 10.2 Å². The molecule has 3 rings (SSSR count). The third-order valence-corrected chi connectivity index (χ3v) is 5.24. The van der Waals surface area contributed by atoms with Crippen LogP contribution in [0.15, 0.2) is 52.9 Å². The lowest BCUT2D eigenvalue weighted by atomic mass is 10.2. The van der Waals surface area contributed by atoms with E-state index in [2.05, 4.69) is 40.6 Å². The Morgan fingerprint density at radius 3 is 2.73 bits per heavy atom. The summed E-state index contributed by atoms with van der Waals surface area (Å²) in [6, 6.07) is 16.1. The summed E-state index contributed by atoms with van der Waals surface area (Å²) in [5, 5.41) is 13.2. The number of halogens is 1. The summed E-state index contributed by atoms with van der Waals surface area (Å²) in [6.07, 6.45) is 0. The lowest BCUT2D eigenvalue weighted by molar-refractivity contribution is 1.01. The predicted molar refractivity (Wildman–Crippen MR) is 95.4 cm³/mol. The van der Waals surface area contributed by atoms with E-state index in [-0.39, 0.29) is 0 Å². The van der Waals surface area contributed by atoms with Crippen molar-refractivity contribution in [3.05, 3.63) is 64.7 Å². The Kier molecular flexibility index (Phi) is 4.97. The lowest BCUT2D eigenvalue weighted by Gasteiger charge is -2.01. The Hall–Kier alpha value is -1.56. The van der Waals surface area contributed by atoms with Crippen molar-refractivity contribution in [2.45, 2.75) is 17.0 Å². The minimum absolute atomic E-state index is 0.761. The van der Waals surface area contributed by atoms with Gasteiger partial charge in [-0.1, -0.05) is 64.5 Å². The van der Waals surface area contributed by atoms with Gasteiger partial charge in [0.25, 0.3) is 0 Å². The van der Waals surface area contributed by atoms with E-state index < -0.39 is 0 Å². The van der Waals surface area contributed by atoms with Crippen LogP contribution in [-0.4, -0.2) is 10.2 Å². The van der Waals surface area contributed by atoms with Gasteiger partial charge >= 0.3 is 0 Å². The van der Waals surface area contributed by atoms with Crippen molar-refractivity contribution in [1.29, 1.82) is 0 Å². The van der Waals surface area contributed by atoms with Gasteiger partial charge < -0.3 is 5.32 Å². The minimum atomic E-state index is 0.761. The molecule has 0 unspecified atom stereocenters. The van der Waals surface area contributed by atoms with Crippen molar-refractivity contribution >= 4 is 45.5 Å². The molecule has 0 saturated heterocycles. The minimum Gasteiger partial charge on any atom is -0.330 e. The van der Waals surface area contributed by atoms with Gasteiger partial charge in [0.05, 0.1) is 0 Å². The van der Waals surface area contributed by atoms with Crippen LogP contribution >= 0.6 is 34.7 Å². The molecule has 0 aliphatic heterocycles. The maximum absolute atomic E-state index is 5.99. The molecule has 0 aliphatic rings. The van der Waals surface area contributed by atoms with Crippen LogP contribution in [0, 0.1) is 6.92 Å². The number of nitrogens with one attached hydrogen (secondary N) is 1. The maximum atomic E-state index is 5.99. The van der Waals surface area contributed by atoms with E-state index in [0.717, 1.165) is 25.9 Å². The molecule has 2 aromatic carbocycles. The molecule has 0 spiro atoms. The standard InChI is InChI=1S/C16H14ClN3S2/c1-11-5-7-14(8-6-11)18-15-19-20-16(22-15)21-10-12-3-2-4-13(17)9-12/h2-9H,10H2,1H3,(H,18,19). The normalized spacial score (nSPS) is 10.6. The number of anilines is 2. The van der Waals surface area contributed by atoms with Crippen LogP contribution in [0.5, 0.6) is 0 Å². The molecule has 3 nitrogen and oxygen atoms in total. The summed E-state index contributed by atoms with van der Waals surface area (Å²) in [5.41, 5.74) is 3.44. The number of aryl methyl sites for hydroxylation is 1. The predicted octanol–water partition coefficient (Wildman–Crippen LogP) is 5.54. The van der Waals surface area contributed by atoms with E-state index in [4.69, 9.17) is 11.6 Å². The summed E-state index contributed by atoms with van der Waals surface area (Å²) in [6.45, 7) is 2.07. The Morgan fingerprint density at radius 2 is 1.95 bits per heavy atom. The largest absolute Gasteiger partial charge is 0.330 e. The Balaban J connectivity index is 1.60. The van der Waals surface area contributed by atoms with Crippen LogP contribution in [0.3, 0.4) is 0 Å². The van der Waals surface area contributed by atoms with Crippen molar-refractivity contribution in [3.63, 3.8) is 0 Å². The molecule has 0 aliphatic carbocycles. The zero-order chi connectivity index (χ0) is 15.4. The lowest BCUT2D eigenvalue weighted by Crippen LogP contribution is -1.88. The number of aromatic nitrogens is 2. The highest BCUT2D eigenvalue weighted by Crippen LogP contribution is 2.30. The van der Waals surface area contributed by atoms with Gasteiger partial charge in [0, 0.05) is 16.5 Å². The summed E-state index contributed by atoms with van der Waals surface area (Å²) in [7, 11) is 0. The SMILES string of the molecule is Cc1ccc(Nc2nnc(SCc3cccc(Cl)c3)s2)cc1. The highest BCUT2D eigenvalue weighted by molar-refractivity contribution is 8.00. The first-order valence-corrected chi connectivity index (χ1v) is 8.91. The van der Waals surface area contributed by atoms with Crippen LogP contribution in [0.25, 0.3) is 0 Å². The van der Waals surface area contributed by atoms with Gasteiger partial charge in [0.2, 0.25) is 5.13 Å². The number of hydrogen-bond donors (Lipinski definition) is 1. The summed E-state index contributed by atoms with van der Waals surface area (Å²) >= 11 is 9.20. The number of benzene rings is 2. The van der Waals surface area contributed by atoms with E-state index in [9.17, 15) is 0 Å². The third kappa shape index (κ3) is 4.22. The summed E-state index contributed by atoms with van der Waals surface area (Å²) in [5.74, 6) is 0.833. The molecule has 0 amide bonds. The topological polar surface area (TPSA) is 37.8 Å². The number of nitrogens with zero attached hydrogens (tertiary/aromatic N) is 2. The van der Waals surface area contributed by atoms with Crippen molar-refractivity contribution in [3.8, 4) is 0 Å². The van der Waals surface area contributed by atoms with E-state index in [1.165, 1.54) is 11.1 Å². The number of rotatable bonds is 5. The highest BCUT2D eigenvalue weighted by Gasteiger charge is 2.06. The van der Waals surface area contributed by atoms with Crippen molar-refractivity contribution in [1.82, 2.24) is 10.2 Å². The Labute approximate surface area is 142 Å². The highest BCUT2D eigenvalue weighted by atomic mass is 35.5. The Bertz CT molecular complexity index is 756. The van der Waals surface area contributed by atoms with Crippen LogP contribution in [0.2, 0.25) is 5.02 Å². The zero-order valence-corrected chi connectivity index (χ0v) is 14.3. The van der Waals surface area contributed by atoms with Gasteiger partial charge in [0.15, 0.2) is 4.34 Å². The quantitative estimate of drug-likeness (QED) is 0.615. The fourth-order valence-electron chi connectivity index (χ4n) is 1.85. The molecule has 0 fully saturated rings. The van der Waals surface area contributed by atoms with Crippen LogP contribution in [-0.2, 0) is 5.75 Å². The fourth-order valence-corrected chi connectivity index (χ4v) is 3.78. The van der Waals surface area contributed by atoms with E-state index in [0.29, 0.717) is 0 Å². The molecule has 1 N–H and O–H groups in total. The molecule has 0 radical (unpaired) electrons. The molecule has 3 aromatic rings. The summed E-state index contributed by atoms with van der Waals surface area (Å²) in [4.78, 5) is 0. The molecule has 112 valence electrons. The van der Waals surface area contributed by atoms with Gasteiger partial charge in [-0.05, 0) is 36.8 Å². The first-order valence-electron chi connectivity index (χ1n) is 6.73. The number of thioether (sulfide) groups is 1. The van der Waals surface area contributed by atoms with Gasteiger partial charge in [0.1, 0.15) is 0 Å². The van der Waals surface area contributed by atoms with E-state index in [1.807, 2.05) is 30.3 Å². The number of hydrogen-bond acceptors (Lipinski definition) is 5. The van der Waals surface area contributed by atoms with Crippen molar-refractivity contribution in [2.24, 2.45) is 0 Å². The second-order valence-corrected chi connectivity index (χ2v) is 7.42. The zero-order valence-electron chi connectivity index (χ0n) is 11.9. The van der Waals surface area contributed by atoms with Gasteiger partial charge in [-0.25, -0.2) is 0 Å². The Morgan fingerprint density at radius 1 is 1.14 bits per heavy atom. The van der Waals surface area contributed by atoms with Crippen molar-refractivity contribution < 1.29 is 0 Å². The summed E-state index contributed by atoms with van der Waals surface area (Å²) < 4.78 is 0.939. The molecular weight excluding hydrogens is 334 g/mol. The van der Waals surface area contributed by atoms with Crippen LogP contribution in [0.1, 0.15) is 11.1 Å². The first-order chi connectivity index (χ1) is 10.7. The second-order valence-electron chi connectivity index (χ2n) is 4.78. The molecule has 0 atom stereocenters. The van der Waals surface area contributed by atoms with Gasteiger partial charge in [-0.2, -0.15) is 0 Å². The second kappa shape index (κ2) is 7.13. The first kappa shape index (κ1) is 15.3. The molecule has 1 heterocycles. The monoisotopic (exact) mass is 347 g/mol. The molecule has 22 heavy (non-hydrogen) atoms.